The Hall–Kier alpha value is -3.34. The van der Waals surface area contributed by atoms with E-state index in [1.165, 1.54) is 0 Å². The van der Waals surface area contributed by atoms with Gasteiger partial charge in [0.2, 0.25) is 0 Å². The molecule has 0 aliphatic heterocycles. The van der Waals surface area contributed by atoms with Gasteiger partial charge in [-0.25, -0.2) is 4.79 Å². The first-order valence-corrected chi connectivity index (χ1v) is 12.9. The van der Waals surface area contributed by atoms with E-state index in [1.807, 2.05) is 6.92 Å². The smallest absolute Gasteiger partial charge is 0.338 e. The molecule has 39 heavy (non-hydrogen) atoms. The summed E-state index contributed by atoms with van der Waals surface area (Å²) in [7, 11) is 0. The summed E-state index contributed by atoms with van der Waals surface area (Å²) in [4.78, 5) is 35.9. The monoisotopic (exact) mass is 548 g/mol. The maximum Gasteiger partial charge on any atom is 0.338 e. The Labute approximate surface area is 227 Å². The normalized spacial score (nSPS) is 12.4. The van der Waals surface area contributed by atoms with E-state index in [4.69, 9.17) is 29.2 Å². The Kier molecular flexibility index (Phi) is 14.7. The predicted octanol–water partition coefficient (Wildman–Crippen LogP) is 3.63. The van der Waals surface area contributed by atoms with Gasteiger partial charge in [-0.05, 0) is 48.6 Å². The molecule has 2 unspecified atom stereocenters. The van der Waals surface area contributed by atoms with Crippen LogP contribution in [0.3, 0.4) is 0 Å². The molecule has 0 aliphatic rings. The second kappa shape index (κ2) is 18.0. The number of aliphatic hydroxyl groups excluding tert-OH is 2. The fourth-order valence-corrected chi connectivity index (χ4v) is 3.70. The van der Waals surface area contributed by atoms with Gasteiger partial charge in [0, 0.05) is 18.8 Å². The zero-order valence-electron chi connectivity index (χ0n) is 22.2. The van der Waals surface area contributed by atoms with Crippen LogP contribution in [0.1, 0.15) is 65.6 Å². The number of hydrogen-bond donors (Lipinski definition) is 2. The summed E-state index contributed by atoms with van der Waals surface area (Å²) < 4.78 is 34.2. The summed E-state index contributed by atoms with van der Waals surface area (Å²) in [6.45, 7) is 1.14. The van der Waals surface area contributed by atoms with Crippen molar-refractivity contribution in [3.8, 4) is 0 Å². The van der Waals surface area contributed by atoms with Gasteiger partial charge in [0.25, 0.3) is 0 Å². The van der Waals surface area contributed by atoms with Crippen LogP contribution in [-0.4, -0.2) is 67.3 Å². The Morgan fingerprint density at radius 2 is 1.44 bits per heavy atom. The van der Waals surface area contributed by atoms with Gasteiger partial charge in [0.1, 0.15) is 19.8 Å². The summed E-state index contributed by atoms with van der Waals surface area (Å²) in [6, 6.07) is 13.5. The van der Waals surface area contributed by atoms with Gasteiger partial charge < -0.3 is 29.2 Å². The highest BCUT2D eigenvalue weighted by Gasteiger charge is 2.17. The number of carbonyl (C=O) groups excluding carboxylic acids is 3. The standard InChI is InChI=1S/C29H37FO9/c1-21(36-14-13-31)17-26(18-30)24-9-11-25(12-10-24)29(35)38-16-15-37-27(33)3-2-4-28(34)39-20-23-7-5-22(19-32)6-8-23/h5-12,21,26,31-32H,2-4,13-20H2,1H3. The largest absolute Gasteiger partial charge is 0.462 e. The first-order valence-electron chi connectivity index (χ1n) is 12.9. The Morgan fingerprint density at radius 3 is 2.05 bits per heavy atom. The van der Waals surface area contributed by atoms with Crippen LogP contribution in [0.2, 0.25) is 0 Å². The van der Waals surface area contributed by atoms with Crippen LogP contribution in [-0.2, 0) is 41.8 Å². The van der Waals surface area contributed by atoms with E-state index in [0.29, 0.717) is 6.42 Å². The van der Waals surface area contributed by atoms with Crippen molar-refractivity contribution < 1.29 is 47.9 Å². The molecule has 0 bridgehead atoms. The molecule has 0 aromatic heterocycles. The van der Waals surface area contributed by atoms with Crippen LogP contribution >= 0.6 is 0 Å². The molecule has 0 aliphatic carbocycles. The highest BCUT2D eigenvalue weighted by atomic mass is 19.1. The first-order chi connectivity index (χ1) is 18.9. The molecule has 2 N–H and O–H groups in total. The molecular weight excluding hydrogens is 511 g/mol. The summed E-state index contributed by atoms with van der Waals surface area (Å²) in [5, 5.41) is 17.9. The lowest BCUT2D eigenvalue weighted by atomic mass is 9.94. The lowest BCUT2D eigenvalue weighted by Gasteiger charge is -2.19. The zero-order chi connectivity index (χ0) is 28.5. The van der Waals surface area contributed by atoms with Gasteiger partial charge in [-0.2, -0.15) is 0 Å². The third kappa shape index (κ3) is 12.4. The van der Waals surface area contributed by atoms with Crippen LogP contribution in [0.4, 0.5) is 4.39 Å². The molecule has 0 spiro atoms. The maximum atomic E-state index is 13.5. The van der Waals surface area contributed by atoms with E-state index >= 15 is 0 Å². The second-order valence-electron chi connectivity index (χ2n) is 8.96. The van der Waals surface area contributed by atoms with Crippen molar-refractivity contribution in [2.24, 2.45) is 0 Å². The topological polar surface area (TPSA) is 129 Å². The maximum absolute atomic E-state index is 13.5. The lowest BCUT2D eigenvalue weighted by Crippen LogP contribution is -2.17. The average molecular weight is 549 g/mol. The minimum absolute atomic E-state index is 0.0229. The highest BCUT2D eigenvalue weighted by Crippen LogP contribution is 2.24. The van der Waals surface area contributed by atoms with Gasteiger partial charge in [0.05, 0.1) is 38.2 Å². The Bertz CT molecular complexity index is 1010. The van der Waals surface area contributed by atoms with E-state index in [0.717, 1.165) is 16.7 Å². The number of carbonyl (C=O) groups is 3. The third-order valence-corrected chi connectivity index (χ3v) is 5.86. The van der Waals surface area contributed by atoms with E-state index in [-0.39, 0.29) is 70.6 Å². The number of rotatable bonds is 18. The number of halogens is 1. The number of benzene rings is 2. The minimum atomic E-state index is -0.595. The summed E-state index contributed by atoms with van der Waals surface area (Å²) in [5.74, 6) is -1.94. The lowest BCUT2D eigenvalue weighted by molar-refractivity contribution is -0.146. The van der Waals surface area contributed by atoms with Crippen LogP contribution < -0.4 is 0 Å². The molecule has 0 saturated heterocycles. The van der Waals surface area contributed by atoms with Crippen LogP contribution in [0.25, 0.3) is 0 Å². The van der Waals surface area contributed by atoms with E-state index in [2.05, 4.69) is 0 Å². The molecule has 214 valence electrons. The van der Waals surface area contributed by atoms with Gasteiger partial charge >= 0.3 is 17.9 Å². The number of hydrogen-bond acceptors (Lipinski definition) is 9. The van der Waals surface area contributed by atoms with Gasteiger partial charge in [0.15, 0.2) is 0 Å². The van der Waals surface area contributed by atoms with Gasteiger partial charge in [-0.15, -0.1) is 0 Å². The van der Waals surface area contributed by atoms with Crippen molar-refractivity contribution in [2.45, 2.75) is 57.8 Å². The van der Waals surface area contributed by atoms with Crippen LogP contribution in [0.5, 0.6) is 0 Å². The molecule has 0 saturated carbocycles. The number of esters is 3. The molecule has 0 heterocycles. The molecule has 9 nitrogen and oxygen atoms in total. The van der Waals surface area contributed by atoms with Gasteiger partial charge in [-0.3, -0.25) is 14.0 Å². The van der Waals surface area contributed by atoms with Crippen molar-refractivity contribution in [1.82, 2.24) is 0 Å². The molecular formula is C29H37FO9. The minimum Gasteiger partial charge on any atom is -0.462 e. The van der Waals surface area contributed by atoms with Crippen molar-refractivity contribution in [2.75, 3.05) is 33.1 Å². The molecule has 2 aromatic rings. The van der Waals surface area contributed by atoms with Crippen LogP contribution in [0, 0.1) is 0 Å². The van der Waals surface area contributed by atoms with Crippen molar-refractivity contribution in [3.05, 3.63) is 70.8 Å². The third-order valence-electron chi connectivity index (χ3n) is 5.86. The molecule has 10 heteroatoms. The molecule has 2 atom stereocenters. The number of aliphatic hydroxyl groups is 2. The molecule has 0 fully saturated rings. The van der Waals surface area contributed by atoms with Gasteiger partial charge in [-0.1, -0.05) is 36.4 Å². The summed E-state index contributed by atoms with van der Waals surface area (Å²) in [6.07, 6.45) is 0.565. The number of alkyl halides is 1. The Morgan fingerprint density at radius 1 is 0.821 bits per heavy atom. The molecule has 0 radical (unpaired) electrons. The number of ether oxygens (including phenoxy) is 4. The van der Waals surface area contributed by atoms with E-state index in [1.54, 1.807) is 48.5 Å². The quantitative estimate of drug-likeness (QED) is 0.163. The van der Waals surface area contributed by atoms with Crippen molar-refractivity contribution >= 4 is 17.9 Å². The highest BCUT2D eigenvalue weighted by molar-refractivity contribution is 5.89. The predicted molar refractivity (Wildman–Crippen MR) is 140 cm³/mol. The summed E-state index contributed by atoms with van der Waals surface area (Å²) >= 11 is 0. The zero-order valence-corrected chi connectivity index (χ0v) is 22.2. The fraction of sp³-hybridized carbons (Fsp3) is 0.483. The molecule has 0 amide bonds. The molecule has 2 aromatic carbocycles. The van der Waals surface area contributed by atoms with E-state index in [9.17, 15) is 18.8 Å². The van der Waals surface area contributed by atoms with Crippen molar-refractivity contribution in [1.29, 1.82) is 0 Å². The fourth-order valence-electron chi connectivity index (χ4n) is 3.70. The summed E-state index contributed by atoms with van der Waals surface area (Å²) in [5.41, 5.74) is 2.58. The SMILES string of the molecule is CC(CC(CF)c1ccc(C(=O)OCCOC(=O)CCCC(=O)OCc2ccc(CO)cc2)cc1)OCCO. The first kappa shape index (κ1) is 31.9. The van der Waals surface area contributed by atoms with Crippen LogP contribution in [0.15, 0.2) is 48.5 Å². The van der Waals surface area contributed by atoms with Crippen molar-refractivity contribution in [3.63, 3.8) is 0 Å². The average Bonchev–Trinajstić information content (AvgIpc) is 2.96. The Balaban J connectivity index is 1.60. The second-order valence-corrected chi connectivity index (χ2v) is 8.96. The molecule has 2 rings (SSSR count). The van der Waals surface area contributed by atoms with E-state index < -0.39 is 30.5 Å².